The highest BCUT2D eigenvalue weighted by Gasteiger charge is 2.43. The van der Waals surface area contributed by atoms with Crippen molar-refractivity contribution in [3.8, 4) is 0 Å². The second-order valence-electron chi connectivity index (χ2n) is 6.45. The van der Waals surface area contributed by atoms with Crippen molar-refractivity contribution in [1.29, 1.82) is 0 Å². The van der Waals surface area contributed by atoms with E-state index in [2.05, 4.69) is 33.0 Å². The molecule has 1 aliphatic carbocycles. The zero-order valence-corrected chi connectivity index (χ0v) is 12.6. The van der Waals surface area contributed by atoms with E-state index in [9.17, 15) is 4.79 Å². The van der Waals surface area contributed by atoms with Gasteiger partial charge in [0.2, 0.25) is 0 Å². The Kier molecular flexibility index (Phi) is 5.64. The van der Waals surface area contributed by atoms with E-state index in [1.54, 1.807) is 0 Å². The summed E-state index contributed by atoms with van der Waals surface area (Å²) in [7, 11) is 1.50. The van der Waals surface area contributed by atoms with Crippen molar-refractivity contribution in [1.82, 2.24) is 5.32 Å². The van der Waals surface area contributed by atoms with Crippen molar-refractivity contribution >= 4 is 5.97 Å². The molecule has 0 amide bonds. The van der Waals surface area contributed by atoms with Gasteiger partial charge in [-0.05, 0) is 37.1 Å². The minimum absolute atomic E-state index is 0.0755. The molecule has 0 aromatic heterocycles. The summed E-state index contributed by atoms with van der Waals surface area (Å²) in [5, 5.41) is 3.50. The summed E-state index contributed by atoms with van der Waals surface area (Å²) < 4.78 is 5.05. The van der Waals surface area contributed by atoms with Crippen molar-refractivity contribution in [2.45, 2.75) is 58.9 Å². The third kappa shape index (κ3) is 3.71. The highest BCUT2D eigenvalue weighted by Crippen LogP contribution is 2.37. The van der Waals surface area contributed by atoms with Crippen molar-refractivity contribution in [2.75, 3.05) is 13.7 Å². The highest BCUT2D eigenvalue weighted by atomic mass is 16.5. The van der Waals surface area contributed by atoms with Gasteiger partial charge in [-0.3, -0.25) is 4.79 Å². The molecule has 3 nitrogen and oxygen atoms in total. The molecular weight excluding hydrogens is 226 g/mol. The zero-order valence-electron chi connectivity index (χ0n) is 12.6. The molecular formula is C15H29NO2. The van der Waals surface area contributed by atoms with E-state index in [1.165, 1.54) is 13.5 Å². The first-order chi connectivity index (χ1) is 8.41. The number of ether oxygens (including phenoxy) is 1. The van der Waals surface area contributed by atoms with E-state index in [0.717, 1.165) is 25.8 Å². The number of carbonyl (C=O) groups excluding carboxylic acids is 1. The average Bonchev–Trinajstić information content (AvgIpc) is 2.35. The van der Waals surface area contributed by atoms with Gasteiger partial charge >= 0.3 is 5.97 Å². The van der Waals surface area contributed by atoms with Crippen LogP contribution in [0.2, 0.25) is 0 Å². The average molecular weight is 255 g/mol. The summed E-state index contributed by atoms with van der Waals surface area (Å²) in [6, 6.07) is 0. The van der Waals surface area contributed by atoms with Gasteiger partial charge in [0.25, 0.3) is 0 Å². The quantitative estimate of drug-likeness (QED) is 0.768. The molecule has 2 unspecified atom stereocenters. The van der Waals surface area contributed by atoms with Crippen molar-refractivity contribution in [3.05, 3.63) is 0 Å². The standard InChI is InChI=1S/C15H29NO2/c1-11(2)10-16-15(14(17)18-5)8-6-7-13(9-15)12(3)4/h11-13,16H,6-10H2,1-5H3. The lowest BCUT2D eigenvalue weighted by atomic mass is 9.71. The van der Waals surface area contributed by atoms with Crippen LogP contribution in [0.15, 0.2) is 0 Å². The Balaban J connectivity index is 2.79. The van der Waals surface area contributed by atoms with Gasteiger partial charge in [0.1, 0.15) is 5.54 Å². The highest BCUT2D eigenvalue weighted by molar-refractivity contribution is 5.81. The maximum absolute atomic E-state index is 12.2. The smallest absolute Gasteiger partial charge is 0.326 e. The summed E-state index contributed by atoms with van der Waals surface area (Å²) in [4.78, 5) is 12.2. The summed E-state index contributed by atoms with van der Waals surface area (Å²) >= 11 is 0. The minimum atomic E-state index is -0.438. The second-order valence-corrected chi connectivity index (χ2v) is 6.45. The first-order valence-electron chi connectivity index (χ1n) is 7.24. The van der Waals surface area contributed by atoms with E-state index < -0.39 is 5.54 Å². The van der Waals surface area contributed by atoms with Crippen molar-refractivity contribution < 1.29 is 9.53 Å². The maximum Gasteiger partial charge on any atom is 0.326 e. The summed E-state index contributed by atoms with van der Waals surface area (Å²) in [5.74, 6) is 1.73. The van der Waals surface area contributed by atoms with Gasteiger partial charge in [0, 0.05) is 0 Å². The number of nitrogens with one attached hydrogen (secondary N) is 1. The number of hydrogen-bond acceptors (Lipinski definition) is 3. The molecule has 0 aromatic carbocycles. The Morgan fingerprint density at radius 1 is 1.39 bits per heavy atom. The minimum Gasteiger partial charge on any atom is -0.468 e. The molecule has 1 fully saturated rings. The molecule has 106 valence electrons. The number of carbonyl (C=O) groups is 1. The van der Waals surface area contributed by atoms with Gasteiger partial charge in [0.15, 0.2) is 0 Å². The molecule has 1 N–H and O–H groups in total. The largest absolute Gasteiger partial charge is 0.468 e. The van der Waals surface area contributed by atoms with Gasteiger partial charge in [-0.1, -0.05) is 40.5 Å². The Labute approximate surface area is 112 Å². The molecule has 3 heteroatoms. The number of rotatable bonds is 5. The molecule has 1 saturated carbocycles. The van der Waals surface area contributed by atoms with Crippen molar-refractivity contribution in [3.63, 3.8) is 0 Å². The number of methoxy groups -OCH3 is 1. The Hall–Kier alpha value is -0.570. The fourth-order valence-corrected chi connectivity index (χ4v) is 2.90. The molecule has 18 heavy (non-hydrogen) atoms. The summed E-state index contributed by atoms with van der Waals surface area (Å²) in [5.41, 5.74) is -0.438. The van der Waals surface area contributed by atoms with E-state index in [1.807, 2.05) is 0 Å². The van der Waals surface area contributed by atoms with Crippen LogP contribution in [-0.4, -0.2) is 25.2 Å². The lowest BCUT2D eigenvalue weighted by molar-refractivity contribution is -0.151. The van der Waals surface area contributed by atoms with Crippen LogP contribution in [0.25, 0.3) is 0 Å². The number of hydrogen-bond donors (Lipinski definition) is 1. The molecule has 0 radical (unpaired) electrons. The van der Waals surface area contributed by atoms with Crippen LogP contribution in [0.4, 0.5) is 0 Å². The van der Waals surface area contributed by atoms with Gasteiger partial charge < -0.3 is 10.1 Å². The molecule has 0 aromatic rings. The summed E-state index contributed by atoms with van der Waals surface area (Å²) in [6.07, 6.45) is 4.18. The third-order valence-corrected chi connectivity index (χ3v) is 4.16. The molecule has 0 bridgehead atoms. The summed E-state index contributed by atoms with van der Waals surface area (Å²) in [6.45, 7) is 9.71. The van der Waals surface area contributed by atoms with Crippen LogP contribution in [0.1, 0.15) is 53.4 Å². The van der Waals surface area contributed by atoms with Gasteiger partial charge in [-0.2, -0.15) is 0 Å². The maximum atomic E-state index is 12.2. The van der Waals surface area contributed by atoms with E-state index >= 15 is 0 Å². The predicted octanol–water partition coefficient (Wildman–Crippen LogP) is 2.99. The Morgan fingerprint density at radius 3 is 2.56 bits per heavy atom. The molecule has 1 aliphatic rings. The Bertz CT molecular complexity index is 276. The van der Waals surface area contributed by atoms with Gasteiger partial charge in [-0.25, -0.2) is 0 Å². The van der Waals surface area contributed by atoms with E-state index in [0.29, 0.717) is 17.8 Å². The monoisotopic (exact) mass is 255 g/mol. The second kappa shape index (κ2) is 6.55. The topological polar surface area (TPSA) is 38.3 Å². The van der Waals surface area contributed by atoms with Crippen LogP contribution < -0.4 is 5.32 Å². The molecule has 0 aliphatic heterocycles. The lowest BCUT2D eigenvalue weighted by Gasteiger charge is -2.41. The SMILES string of the molecule is COC(=O)C1(NCC(C)C)CCCC(C(C)C)C1. The van der Waals surface area contributed by atoms with E-state index in [4.69, 9.17) is 4.74 Å². The fraction of sp³-hybridized carbons (Fsp3) is 0.933. The van der Waals surface area contributed by atoms with Crippen LogP contribution in [0.5, 0.6) is 0 Å². The van der Waals surface area contributed by atoms with E-state index in [-0.39, 0.29) is 5.97 Å². The third-order valence-electron chi connectivity index (χ3n) is 4.16. The number of esters is 1. The first kappa shape index (κ1) is 15.5. The Morgan fingerprint density at radius 2 is 2.06 bits per heavy atom. The molecule has 0 saturated heterocycles. The van der Waals surface area contributed by atoms with Crippen LogP contribution in [0, 0.1) is 17.8 Å². The predicted molar refractivity (Wildman–Crippen MR) is 74.4 cm³/mol. The molecule has 0 heterocycles. The molecule has 2 atom stereocenters. The zero-order chi connectivity index (χ0) is 13.8. The lowest BCUT2D eigenvalue weighted by Crippen LogP contribution is -2.56. The molecule has 1 rings (SSSR count). The van der Waals surface area contributed by atoms with Gasteiger partial charge in [0.05, 0.1) is 7.11 Å². The molecule has 0 spiro atoms. The van der Waals surface area contributed by atoms with Crippen LogP contribution in [-0.2, 0) is 9.53 Å². The van der Waals surface area contributed by atoms with Crippen LogP contribution >= 0.6 is 0 Å². The normalized spacial score (nSPS) is 28.7. The van der Waals surface area contributed by atoms with Crippen LogP contribution in [0.3, 0.4) is 0 Å². The van der Waals surface area contributed by atoms with Gasteiger partial charge in [-0.15, -0.1) is 0 Å². The van der Waals surface area contributed by atoms with Crippen molar-refractivity contribution in [2.24, 2.45) is 17.8 Å². The fourth-order valence-electron chi connectivity index (χ4n) is 2.90. The first-order valence-corrected chi connectivity index (χ1v) is 7.24.